The summed E-state index contributed by atoms with van der Waals surface area (Å²) in [6, 6.07) is 10.4. The zero-order valence-electron chi connectivity index (χ0n) is 35.2. The van der Waals surface area contributed by atoms with Crippen LogP contribution in [0.15, 0.2) is 47.3 Å². The van der Waals surface area contributed by atoms with Gasteiger partial charge >= 0.3 is 5.97 Å². The van der Waals surface area contributed by atoms with E-state index in [1.54, 1.807) is 56.1 Å². The zero-order valence-corrected chi connectivity index (χ0v) is 35.2. The molecule has 19 heteroatoms. The molecule has 0 saturated heterocycles. The van der Waals surface area contributed by atoms with Gasteiger partial charge in [-0.1, -0.05) is 37.3 Å². The summed E-state index contributed by atoms with van der Waals surface area (Å²) in [6.07, 6.45) is 1.02. The molecule has 63 heavy (non-hydrogen) atoms. The van der Waals surface area contributed by atoms with Crippen LogP contribution in [0.25, 0.3) is 22.3 Å². The van der Waals surface area contributed by atoms with Crippen LogP contribution in [-0.4, -0.2) is 107 Å². The van der Waals surface area contributed by atoms with Crippen molar-refractivity contribution in [3.8, 4) is 11.4 Å². The van der Waals surface area contributed by atoms with Crippen LogP contribution in [0.1, 0.15) is 64.8 Å². The number of pyridine rings is 2. The molecule has 7 rings (SSSR count). The number of amides is 5. The number of nitrogens with one attached hydrogen (secondary N) is 5. The Kier molecular flexibility index (Phi) is 13.0. The number of aryl methyl sites for hydroxylation is 1. The second kappa shape index (κ2) is 18.4. The normalized spacial score (nSPS) is 17.5. The third-order valence-corrected chi connectivity index (χ3v) is 11.9. The highest BCUT2D eigenvalue weighted by Gasteiger charge is 2.46. The summed E-state index contributed by atoms with van der Waals surface area (Å²) in [6.45, 7) is 2.46. The Hall–Kier alpha value is -6.57. The van der Waals surface area contributed by atoms with Crippen molar-refractivity contribution < 1.29 is 43.0 Å². The van der Waals surface area contributed by atoms with Crippen LogP contribution in [0.4, 0.5) is 4.39 Å². The summed E-state index contributed by atoms with van der Waals surface area (Å²) in [4.78, 5) is 96.7. The van der Waals surface area contributed by atoms with Crippen LogP contribution in [0.5, 0.6) is 0 Å². The lowest BCUT2D eigenvalue weighted by Gasteiger charge is -2.31. The second-order valence-electron chi connectivity index (χ2n) is 16.1. The van der Waals surface area contributed by atoms with E-state index >= 15 is 4.39 Å². The van der Waals surface area contributed by atoms with E-state index in [0.29, 0.717) is 46.3 Å². The Morgan fingerprint density at radius 2 is 1.76 bits per heavy atom. The summed E-state index contributed by atoms with van der Waals surface area (Å²) in [5, 5.41) is 25.4. The Morgan fingerprint density at radius 3 is 2.49 bits per heavy atom. The number of nitrogens with two attached hydrogens (primary N) is 1. The average molecular weight is 868 g/mol. The van der Waals surface area contributed by atoms with Crippen LogP contribution in [0, 0.1) is 12.7 Å². The van der Waals surface area contributed by atoms with Gasteiger partial charge in [-0.3, -0.25) is 33.7 Å². The zero-order chi connectivity index (χ0) is 45.2. The van der Waals surface area contributed by atoms with Crippen molar-refractivity contribution in [1.82, 2.24) is 41.0 Å². The Labute approximate surface area is 361 Å². The molecule has 0 unspecified atom stereocenters. The van der Waals surface area contributed by atoms with Crippen molar-refractivity contribution in [2.24, 2.45) is 5.73 Å². The first kappa shape index (κ1) is 44.5. The van der Waals surface area contributed by atoms with Gasteiger partial charge in [-0.25, -0.2) is 14.2 Å². The molecule has 0 spiro atoms. The fourth-order valence-electron chi connectivity index (χ4n) is 8.56. The van der Waals surface area contributed by atoms with Crippen LogP contribution < -0.4 is 37.9 Å². The number of halogens is 1. The molecule has 2 aliphatic heterocycles. The maximum absolute atomic E-state index is 15.3. The number of cyclic esters (lactones) is 1. The lowest BCUT2D eigenvalue weighted by atomic mass is 9.81. The van der Waals surface area contributed by atoms with Crippen molar-refractivity contribution in [2.75, 3.05) is 46.3 Å². The monoisotopic (exact) mass is 867 g/mol. The van der Waals surface area contributed by atoms with E-state index in [4.69, 9.17) is 15.5 Å². The van der Waals surface area contributed by atoms with Gasteiger partial charge in [0.05, 0.1) is 61.2 Å². The molecule has 3 atom stereocenters. The van der Waals surface area contributed by atoms with Crippen LogP contribution in [0.3, 0.4) is 0 Å². The minimum absolute atomic E-state index is 0.0226. The smallest absolute Gasteiger partial charge is 0.343 e. The SMILES string of the molecule is CC[C@@]1(O)C(=O)OCc2c1cc1n(c2=O)Cc2c-1nc1cc(F)c(C)c3c1c2[C@@H](NC(=O)CN(C)CCNC(=O)CNC(=O)[C@H](Cc1ccccc1)NC(=O)CNC(=O)CN)CC3. The lowest BCUT2D eigenvalue weighted by molar-refractivity contribution is -0.172. The number of aromatic nitrogens is 2. The Balaban J connectivity index is 0.988. The Morgan fingerprint density at radius 1 is 1.02 bits per heavy atom. The summed E-state index contributed by atoms with van der Waals surface area (Å²) in [7, 11) is 1.71. The molecule has 18 nitrogen and oxygen atoms in total. The molecule has 2 aromatic carbocycles. The number of carbonyl (C=O) groups excluding carboxylic acids is 6. The minimum atomic E-state index is -2.02. The number of ether oxygens (including phenoxy) is 1. The first-order valence-electron chi connectivity index (χ1n) is 20.8. The molecule has 4 heterocycles. The summed E-state index contributed by atoms with van der Waals surface area (Å²) >= 11 is 0. The number of hydrogen-bond donors (Lipinski definition) is 7. The molecule has 4 aromatic rings. The number of hydrogen-bond acceptors (Lipinski definition) is 12. The fourth-order valence-corrected chi connectivity index (χ4v) is 8.56. The summed E-state index contributed by atoms with van der Waals surface area (Å²) in [5.41, 5.74) is 7.71. The summed E-state index contributed by atoms with van der Waals surface area (Å²) < 4.78 is 22.1. The maximum atomic E-state index is 15.3. The largest absolute Gasteiger partial charge is 0.458 e. The Bertz CT molecular complexity index is 2580. The highest BCUT2D eigenvalue weighted by atomic mass is 19.1. The fraction of sp³-hybridized carbons (Fsp3) is 0.409. The molecule has 0 saturated carbocycles. The van der Waals surface area contributed by atoms with Crippen molar-refractivity contribution in [2.45, 2.75) is 70.4 Å². The third kappa shape index (κ3) is 9.02. The molecule has 5 amide bonds. The number of esters is 1. The number of carbonyl (C=O) groups is 6. The number of benzene rings is 2. The average Bonchev–Trinajstić information content (AvgIpc) is 3.64. The molecule has 0 bridgehead atoms. The predicted octanol–water partition coefficient (Wildman–Crippen LogP) is -0.403. The molecule has 0 fully saturated rings. The predicted molar refractivity (Wildman–Crippen MR) is 226 cm³/mol. The maximum Gasteiger partial charge on any atom is 0.343 e. The lowest BCUT2D eigenvalue weighted by Crippen LogP contribution is -2.52. The van der Waals surface area contributed by atoms with Gasteiger partial charge in [0.25, 0.3) is 5.56 Å². The van der Waals surface area contributed by atoms with E-state index in [0.717, 1.165) is 16.7 Å². The first-order valence-corrected chi connectivity index (χ1v) is 20.8. The molecule has 8 N–H and O–H groups in total. The van der Waals surface area contributed by atoms with Gasteiger partial charge in [0.2, 0.25) is 29.5 Å². The molecule has 332 valence electrons. The van der Waals surface area contributed by atoms with E-state index in [1.807, 2.05) is 6.07 Å². The van der Waals surface area contributed by atoms with Gasteiger partial charge in [0, 0.05) is 42.1 Å². The molecule has 0 radical (unpaired) electrons. The van der Waals surface area contributed by atoms with Gasteiger partial charge in [0.15, 0.2) is 5.60 Å². The molecule has 1 aliphatic carbocycles. The summed E-state index contributed by atoms with van der Waals surface area (Å²) in [5.74, 6) is -3.83. The second-order valence-corrected chi connectivity index (χ2v) is 16.1. The number of rotatable bonds is 16. The van der Waals surface area contributed by atoms with Gasteiger partial charge in [-0.2, -0.15) is 0 Å². The van der Waals surface area contributed by atoms with E-state index in [-0.39, 0.29) is 82.3 Å². The molecule has 3 aliphatic rings. The van der Waals surface area contributed by atoms with E-state index in [2.05, 4.69) is 26.6 Å². The number of nitrogens with zero attached hydrogens (tertiary/aromatic N) is 3. The van der Waals surface area contributed by atoms with Crippen molar-refractivity contribution >= 4 is 46.4 Å². The minimum Gasteiger partial charge on any atom is -0.458 e. The van der Waals surface area contributed by atoms with Crippen molar-refractivity contribution in [3.05, 3.63) is 97.6 Å². The quantitative estimate of drug-likeness (QED) is 0.0626. The van der Waals surface area contributed by atoms with Gasteiger partial charge < -0.3 is 46.7 Å². The van der Waals surface area contributed by atoms with E-state index in [9.17, 15) is 38.7 Å². The number of aliphatic hydroxyl groups is 1. The number of likely N-dealkylation sites (N-methyl/N-ethyl adjacent to an activating group) is 1. The van der Waals surface area contributed by atoms with Crippen molar-refractivity contribution in [1.29, 1.82) is 0 Å². The molecule has 2 aromatic heterocycles. The highest BCUT2D eigenvalue weighted by Crippen LogP contribution is 2.46. The van der Waals surface area contributed by atoms with Crippen LogP contribution >= 0.6 is 0 Å². The molecular weight excluding hydrogens is 818 g/mol. The van der Waals surface area contributed by atoms with Gasteiger partial charge in [0.1, 0.15) is 18.5 Å². The van der Waals surface area contributed by atoms with Crippen LogP contribution in [-0.2, 0) is 65.1 Å². The highest BCUT2D eigenvalue weighted by molar-refractivity contribution is 5.95. The topological polar surface area (TPSA) is 256 Å². The van der Waals surface area contributed by atoms with Crippen LogP contribution in [0.2, 0.25) is 0 Å². The first-order chi connectivity index (χ1) is 30.1. The van der Waals surface area contributed by atoms with E-state index < -0.39 is 58.7 Å². The third-order valence-electron chi connectivity index (χ3n) is 11.9. The van der Waals surface area contributed by atoms with E-state index in [1.165, 1.54) is 10.6 Å². The molecular formula is C44H50FN9O9. The standard InChI is InChI=1S/C44H50FN9O9/c1-4-44(62)28-15-33-40-26(20-54(33)42(60)27(28)22-63-43(44)61)39-30(11-10-25-23(2)29(45)16-31(52-40)38(25)39)50-37(58)21-53(3)13-12-47-35(56)18-49-41(59)32(14-24-8-6-5-7-9-24)51-36(57)19-48-34(55)17-46/h5-9,15-16,30,32,62H,4,10-14,17-22,46H2,1-3H3,(H,47,56)(H,48,55)(H,49,59)(H,50,58)(H,51,57)/t30-,32-,44-/m0/s1. The van der Waals surface area contributed by atoms with Gasteiger partial charge in [-0.15, -0.1) is 0 Å². The van der Waals surface area contributed by atoms with Gasteiger partial charge in [-0.05, 0) is 61.6 Å². The van der Waals surface area contributed by atoms with Crippen molar-refractivity contribution in [3.63, 3.8) is 0 Å². The number of fused-ring (bicyclic) bond motifs is 5.